The summed E-state index contributed by atoms with van der Waals surface area (Å²) in [7, 11) is 0. The highest BCUT2D eigenvalue weighted by molar-refractivity contribution is 6.42. The van der Waals surface area contributed by atoms with Crippen LogP contribution in [-0.4, -0.2) is 24.8 Å². The van der Waals surface area contributed by atoms with Crippen LogP contribution in [0.3, 0.4) is 0 Å². The van der Waals surface area contributed by atoms with Crippen molar-refractivity contribution in [1.82, 2.24) is 10.6 Å². The van der Waals surface area contributed by atoms with Gasteiger partial charge in [-0.25, -0.2) is 15.4 Å². The van der Waals surface area contributed by atoms with Gasteiger partial charge in [-0.05, 0) is 19.8 Å². The van der Waals surface area contributed by atoms with E-state index in [9.17, 15) is 4.79 Å². The molecule has 1 aliphatic carbocycles. The maximum atomic E-state index is 11.9. The molecule has 132 valence electrons. The highest BCUT2D eigenvalue weighted by atomic mass is 35.5. The van der Waals surface area contributed by atoms with Crippen LogP contribution in [0.2, 0.25) is 10.0 Å². The van der Waals surface area contributed by atoms with Gasteiger partial charge in [0.25, 0.3) is 0 Å². The first-order valence-electron chi connectivity index (χ1n) is 8.11. The number of halogens is 2. The van der Waals surface area contributed by atoms with E-state index in [4.69, 9.17) is 37.4 Å². The van der Waals surface area contributed by atoms with E-state index in [0.717, 1.165) is 25.7 Å². The van der Waals surface area contributed by atoms with Crippen LogP contribution < -0.4 is 20.1 Å². The summed E-state index contributed by atoms with van der Waals surface area (Å²) in [6.07, 6.45) is 4.79. The minimum atomic E-state index is -1.52. The Morgan fingerprint density at radius 2 is 1.79 bits per heavy atom. The monoisotopic (exact) mass is 374 g/mol. The maximum absolute atomic E-state index is 11.9. The minimum Gasteiger partial charge on any atom is -0.450 e. The molecule has 1 aromatic rings. The Labute approximate surface area is 150 Å². The Hall–Kier alpha value is -1.37. The van der Waals surface area contributed by atoms with Crippen LogP contribution in [0.5, 0.6) is 11.5 Å². The maximum Gasteiger partial charge on any atom is 0.414 e. The minimum absolute atomic E-state index is 0.168. The second-order valence-electron chi connectivity index (χ2n) is 5.86. The Bertz CT molecular complexity index is 589. The van der Waals surface area contributed by atoms with Crippen LogP contribution in [0.4, 0.5) is 4.79 Å². The van der Waals surface area contributed by atoms with E-state index in [1.54, 1.807) is 19.1 Å². The van der Waals surface area contributed by atoms with E-state index >= 15 is 0 Å². The lowest BCUT2D eigenvalue weighted by Crippen LogP contribution is -2.67. The zero-order valence-electron chi connectivity index (χ0n) is 13.4. The van der Waals surface area contributed by atoms with Crippen molar-refractivity contribution in [1.29, 1.82) is 0 Å². The number of amides is 1. The number of hydrogen-bond acceptors (Lipinski definition) is 5. The third-order valence-electron chi connectivity index (χ3n) is 4.04. The molecule has 1 heterocycles. The predicted octanol–water partition coefficient (Wildman–Crippen LogP) is 4.04. The summed E-state index contributed by atoms with van der Waals surface area (Å²) < 4.78 is 16.7. The number of alkyl carbamates (subject to hydrolysis) is 1. The van der Waals surface area contributed by atoms with E-state index in [1.807, 2.05) is 0 Å². The van der Waals surface area contributed by atoms with Crippen molar-refractivity contribution in [3.05, 3.63) is 22.2 Å². The van der Waals surface area contributed by atoms with Crippen LogP contribution in [0.15, 0.2) is 12.1 Å². The fourth-order valence-corrected chi connectivity index (χ4v) is 3.27. The quantitative estimate of drug-likeness (QED) is 0.778. The van der Waals surface area contributed by atoms with Crippen molar-refractivity contribution in [2.75, 3.05) is 6.61 Å². The summed E-state index contributed by atoms with van der Waals surface area (Å²) in [4.78, 5) is 11.9. The van der Waals surface area contributed by atoms with Gasteiger partial charge in [-0.15, -0.1) is 0 Å². The number of fused-ring (bicyclic) bond motifs is 1. The zero-order valence-corrected chi connectivity index (χ0v) is 14.9. The van der Waals surface area contributed by atoms with Gasteiger partial charge in [0, 0.05) is 18.2 Å². The number of hydrogen-bond donors (Lipinski definition) is 2. The second-order valence-corrected chi connectivity index (χ2v) is 6.67. The number of benzene rings is 1. The summed E-state index contributed by atoms with van der Waals surface area (Å²) in [5, 5.41) is 6.59. The number of rotatable bonds is 4. The lowest BCUT2D eigenvalue weighted by atomic mass is 9.95. The van der Waals surface area contributed by atoms with E-state index in [2.05, 4.69) is 10.6 Å². The molecule has 0 saturated heterocycles. The summed E-state index contributed by atoms with van der Waals surface area (Å²) in [5.41, 5.74) is 0. The van der Waals surface area contributed by atoms with E-state index < -0.39 is 12.1 Å². The summed E-state index contributed by atoms with van der Waals surface area (Å²) >= 11 is 12.1. The Kier molecular flexibility index (Phi) is 5.27. The molecule has 1 amide bonds. The van der Waals surface area contributed by atoms with Gasteiger partial charge in [0.05, 0.1) is 16.7 Å². The van der Waals surface area contributed by atoms with Crippen molar-refractivity contribution in [2.45, 2.75) is 51.1 Å². The molecule has 1 saturated carbocycles. The molecule has 0 unspecified atom stereocenters. The molecule has 1 aliphatic heterocycles. The number of carbonyl (C=O) groups excluding carboxylic acids is 1. The molecule has 0 spiro atoms. The number of ether oxygens (including phenoxy) is 3. The van der Waals surface area contributed by atoms with Crippen molar-refractivity contribution in [3.63, 3.8) is 0 Å². The summed E-state index contributed by atoms with van der Waals surface area (Å²) in [6.45, 7) is 1.97. The van der Waals surface area contributed by atoms with Gasteiger partial charge in [0.15, 0.2) is 11.5 Å². The van der Waals surface area contributed by atoms with Crippen LogP contribution in [0.1, 0.15) is 39.0 Å². The molecule has 0 atom stereocenters. The number of carbonyl (C=O) groups is 1. The van der Waals surface area contributed by atoms with Crippen LogP contribution in [-0.2, 0) is 4.74 Å². The molecule has 0 bridgehead atoms. The molecule has 1 aromatic carbocycles. The van der Waals surface area contributed by atoms with E-state index in [-0.39, 0.29) is 12.6 Å². The fourth-order valence-electron chi connectivity index (χ4n) is 2.96. The smallest absolute Gasteiger partial charge is 0.414 e. The third kappa shape index (κ3) is 3.82. The third-order valence-corrected chi connectivity index (χ3v) is 4.76. The highest BCUT2D eigenvalue weighted by Gasteiger charge is 2.46. The molecular formula is C16H20Cl2N2O4. The average Bonchev–Trinajstić information content (AvgIpc) is 2.85. The predicted molar refractivity (Wildman–Crippen MR) is 90.6 cm³/mol. The lowest BCUT2D eigenvalue weighted by molar-refractivity contribution is -0.139. The highest BCUT2D eigenvalue weighted by Crippen LogP contribution is 2.43. The molecule has 2 aliphatic rings. The first-order valence-corrected chi connectivity index (χ1v) is 8.86. The van der Waals surface area contributed by atoms with Crippen LogP contribution in [0.25, 0.3) is 0 Å². The van der Waals surface area contributed by atoms with Gasteiger partial charge >= 0.3 is 12.1 Å². The molecule has 2 N–H and O–H groups in total. The molecule has 8 heteroatoms. The fraction of sp³-hybridized carbons (Fsp3) is 0.562. The standard InChI is InChI=1S/C16H20Cl2N2O4/c1-2-22-15(21)20-16(19-10-6-4-3-5-7-10)23-13-8-11(17)12(18)9-14(13)24-16/h8-10,19H,2-7H2,1H3,(H,20,21). The zero-order chi connectivity index (χ0) is 17.2. The normalized spacial score (nSPS) is 19.1. The SMILES string of the molecule is CCOC(=O)NC1(NC2CCCCC2)Oc2cc(Cl)c(Cl)cc2O1. The number of nitrogens with one attached hydrogen (secondary N) is 2. The molecule has 0 aromatic heterocycles. The largest absolute Gasteiger partial charge is 0.450 e. The topological polar surface area (TPSA) is 68.8 Å². The summed E-state index contributed by atoms with van der Waals surface area (Å²) in [5.74, 6) is 0.814. The Balaban J connectivity index is 1.82. The van der Waals surface area contributed by atoms with Crippen molar-refractivity contribution in [3.8, 4) is 11.5 Å². The first kappa shape index (κ1) is 17.5. The van der Waals surface area contributed by atoms with Gasteiger partial charge in [0.2, 0.25) is 0 Å². The van der Waals surface area contributed by atoms with Gasteiger partial charge in [-0.2, -0.15) is 0 Å². The molecule has 1 fully saturated rings. The van der Waals surface area contributed by atoms with Crippen LogP contribution in [0, 0.1) is 0 Å². The Morgan fingerprint density at radius 1 is 1.21 bits per heavy atom. The Morgan fingerprint density at radius 3 is 2.33 bits per heavy atom. The lowest BCUT2D eigenvalue weighted by Gasteiger charge is -2.33. The molecule has 3 rings (SSSR count). The molecule has 6 nitrogen and oxygen atoms in total. The van der Waals surface area contributed by atoms with Gasteiger partial charge in [0.1, 0.15) is 0 Å². The molecule has 0 radical (unpaired) electrons. The van der Waals surface area contributed by atoms with Crippen LogP contribution >= 0.6 is 23.2 Å². The molecular weight excluding hydrogens is 355 g/mol. The first-order chi connectivity index (χ1) is 11.5. The van der Waals surface area contributed by atoms with Crippen molar-refractivity contribution >= 4 is 29.3 Å². The van der Waals surface area contributed by atoms with Gasteiger partial charge in [-0.1, -0.05) is 42.5 Å². The van der Waals surface area contributed by atoms with Crippen molar-refractivity contribution < 1.29 is 19.0 Å². The van der Waals surface area contributed by atoms with E-state index in [1.165, 1.54) is 6.42 Å². The van der Waals surface area contributed by atoms with E-state index in [0.29, 0.717) is 21.5 Å². The summed E-state index contributed by atoms with van der Waals surface area (Å²) in [6, 6.07) is 1.78. The van der Waals surface area contributed by atoms with Gasteiger partial charge < -0.3 is 14.2 Å². The van der Waals surface area contributed by atoms with Crippen molar-refractivity contribution in [2.24, 2.45) is 0 Å². The van der Waals surface area contributed by atoms with Gasteiger partial charge in [-0.3, -0.25) is 0 Å². The second kappa shape index (κ2) is 7.25. The molecule has 24 heavy (non-hydrogen) atoms. The average molecular weight is 375 g/mol.